The number of aryl methyl sites for hydroxylation is 1. The predicted octanol–water partition coefficient (Wildman–Crippen LogP) is 4.11. The van der Waals surface area contributed by atoms with E-state index >= 15 is 0 Å². The molecule has 0 amide bonds. The van der Waals surface area contributed by atoms with E-state index < -0.39 is 16.6 Å². The molecule has 1 aliphatic heterocycles. The molecule has 1 aliphatic carbocycles. The molecule has 0 N–H and O–H groups in total. The van der Waals surface area contributed by atoms with Crippen molar-refractivity contribution in [1.82, 2.24) is 9.21 Å². The zero-order valence-electron chi connectivity index (χ0n) is 17.2. The first-order valence-electron chi connectivity index (χ1n) is 10.5. The molecule has 1 saturated heterocycles. The van der Waals surface area contributed by atoms with Crippen molar-refractivity contribution in [3.63, 3.8) is 0 Å². The molecule has 166 valence electrons. The molecule has 0 radical (unpaired) electrons. The van der Waals surface area contributed by atoms with Crippen molar-refractivity contribution in [3.05, 3.63) is 70.1 Å². The van der Waals surface area contributed by atoms with Gasteiger partial charge in [-0.05, 0) is 60.7 Å². The number of benzene rings is 2. The quantitative estimate of drug-likeness (QED) is 0.667. The van der Waals surface area contributed by atoms with E-state index in [1.54, 1.807) is 22.5 Å². The number of fused-ring (bicyclic) bond motifs is 1. The van der Waals surface area contributed by atoms with Gasteiger partial charge in [0, 0.05) is 26.2 Å². The second-order valence-electron chi connectivity index (χ2n) is 7.87. The Kier molecular flexibility index (Phi) is 6.69. The fourth-order valence-corrected chi connectivity index (χ4v) is 5.83. The first-order valence-corrected chi connectivity index (χ1v) is 11.9. The lowest BCUT2D eigenvalue weighted by atomic mass is 9.97. The van der Waals surface area contributed by atoms with Crippen LogP contribution in [-0.2, 0) is 23.0 Å². The van der Waals surface area contributed by atoms with Gasteiger partial charge in [-0.3, -0.25) is 4.90 Å². The number of halogens is 2. The van der Waals surface area contributed by atoms with Crippen molar-refractivity contribution in [2.45, 2.75) is 32.4 Å². The minimum atomic E-state index is -3.56. The average Bonchev–Trinajstić information content (AvgIpc) is 3.00. The zero-order chi connectivity index (χ0) is 21.8. The molecule has 5 nitrogen and oxygen atoms in total. The van der Waals surface area contributed by atoms with Gasteiger partial charge in [-0.15, -0.1) is 0 Å². The highest BCUT2D eigenvalue weighted by molar-refractivity contribution is 7.93. The Bertz CT molecular complexity index is 1040. The molecular formula is C23H26F2N2O3S. The van der Waals surface area contributed by atoms with Crippen LogP contribution in [0.5, 0.6) is 5.75 Å². The molecule has 0 spiro atoms. The third kappa shape index (κ3) is 5.31. The molecule has 0 aromatic heterocycles. The molecule has 8 heteroatoms. The van der Waals surface area contributed by atoms with Gasteiger partial charge in [-0.2, -0.15) is 13.1 Å². The third-order valence-corrected chi connectivity index (χ3v) is 7.79. The summed E-state index contributed by atoms with van der Waals surface area (Å²) < 4.78 is 57.5. The lowest BCUT2D eigenvalue weighted by Crippen LogP contribution is -2.36. The van der Waals surface area contributed by atoms with Gasteiger partial charge in [-0.25, -0.2) is 8.42 Å². The summed E-state index contributed by atoms with van der Waals surface area (Å²) in [6, 6.07) is 14.8. The van der Waals surface area contributed by atoms with Crippen LogP contribution in [0, 0.1) is 0 Å². The van der Waals surface area contributed by atoms with Crippen molar-refractivity contribution in [1.29, 1.82) is 0 Å². The topological polar surface area (TPSA) is 49.9 Å². The van der Waals surface area contributed by atoms with E-state index in [1.807, 2.05) is 18.2 Å². The maximum atomic E-state index is 13.3. The largest absolute Gasteiger partial charge is 0.435 e. The molecule has 0 bridgehead atoms. The molecular weight excluding hydrogens is 422 g/mol. The van der Waals surface area contributed by atoms with Gasteiger partial charge in [0.2, 0.25) is 10.0 Å². The SMILES string of the molecule is O=S(=O)(C1=Cc2ccc(OC(F)F)cc2CC1)N1CCCN(Cc2ccccc2)CC1. The summed E-state index contributed by atoms with van der Waals surface area (Å²) in [6.07, 6.45) is 3.30. The number of rotatable bonds is 6. The van der Waals surface area contributed by atoms with Crippen LogP contribution in [0.4, 0.5) is 8.78 Å². The highest BCUT2D eigenvalue weighted by Gasteiger charge is 2.30. The van der Waals surface area contributed by atoms with Crippen LogP contribution in [0.2, 0.25) is 0 Å². The van der Waals surface area contributed by atoms with Crippen LogP contribution < -0.4 is 4.74 Å². The first kappa shape index (κ1) is 21.9. The van der Waals surface area contributed by atoms with E-state index in [-0.39, 0.29) is 5.75 Å². The van der Waals surface area contributed by atoms with Crippen molar-refractivity contribution < 1.29 is 21.9 Å². The lowest BCUT2D eigenvalue weighted by molar-refractivity contribution is -0.0498. The average molecular weight is 449 g/mol. The number of allylic oxidation sites excluding steroid dienone is 1. The normalized spacial score (nSPS) is 18.4. The minimum absolute atomic E-state index is 0.0967. The molecule has 1 fully saturated rings. The van der Waals surface area contributed by atoms with E-state index in [2.05, 4.69) is 21.8 Å². The minimum Gasteiger partial charge on any atom is -0.435 e. The number of nitrogens with zero attached hydrogens (tertiary/aromatic N) is 2. The second-order valence-corrected chi connectivity index (χ2v) is 9.86. The maximum Gasteiger partial charge on any atom is 0.387 e. The summed E-state index contributed by atoms with van der Waals surface area (Å²) in [5.41, 5.74) is 2.79. The van der Waals surface area contributed by atoms with E-state index in [9.17, 15) is 17.2 Å². The Hall–Kier alpha value is -2.29. The number of sulfonamides is 1. The molecule has 0 atom stereocenters. The van der Waals surface area contributed by atoms with Gasteiger partial charge in [0.05, 0.1) is 4.91 Å². The third-order valence-electron chi connectivity index (χ3n) is 5.76. The van der Waals surface area contributed by atoms with Gasteiger partial charge in [0.1, 0.15) is 5.75 Å². The van der Waals surface area contributed by atoms with E-state index in [4.69, 9.17) is 0 Å². The monoisotopic (exact) mass is 448 g/mol. The molecule has 4 rings (SSSR count). The smallest absolute Gasteiger partial charge is 0.387 e. The van der Waals surface area contributed by atoms with Crippen LogP contribution in [0.15, 0.2) is 53.4 Å². The van der Waals surface area contributed by atoms with Crippen LogP contribution in [0.25, 0.3) is 6.08 Å². The molecule has 2 aromatic carbocycles. The van der Waals surface area contributed by atoms with Crippen LogP contribution in [0.1, 0.15) is 29.5 Å². The standard InChI is InChI=1S/C23H26F2N2O3S/c24-23(25)30-21-9-7-20-16-22(10-8-19(20)15-21)31(28,29)27-12-4-11-26(13-14-27)17-18-5-2-1-3-6-18/h1-3,5-7,9,15-16,23H,4,8,10-14,17H2. The number of ether oxygens (including phenoxy) is 1. The Morgan fingerprint density at radius 2 is 1.77 bits per heavy atom. The highest BCUT2D eigenvalue weighted by Crippen LogP contribution is 2.32. The summed E-state index contributed by atoms with van der Waals surface area (Å²) in [7, 11) is -3.56. The predicted molar refractivity (Wildman–Crippen MR) is 116 cm³/mol. The van der Waals surface area contributed by atoms with Gasteiger partial charge >= 0.3 is 6.61 Å². The van der Waals surface area contributed by atoms with Crippen LogP contribution in [-0.4, -0.2) is 50.4 Å². The fourth-order valence-electron chi connectivity index (χ4n) is 4.18. The number of alkyl halides is 2. The van der Waals surface area contributed by atoms with Crippen molar-refractivity contribution in [2.75, 3.05) is 26.2 Å². The van der Waals surface area contributed by atoms with E-state index in [0.29, 0.717) is 37.4 Å². The Morgan fingerprint density at radius 1 is 0.968 bits per heavy atom. The van der Waals surface area contributed by atoms with Gasteiger partial charge in [0.25, 0.3) is 0 Å². The van der Waals surface area contributed by atoms with Gasteiger partial charge in [0.15, 0.2) is 0 Å². The van der Waals surface area contributed by atoms with Gasteiger partial charge in [-0.1, -0.05) is 36.4 Å². The lowest BCUT2D eigenvalue weighted by Gasteiger charge is -2.25. The summed E-state index contributed by atoms with van der Waals surface area (Å²) in [6.45, 7) is 0.438. The summed E-state index contributed by atoms with van der Waals surface area (Å²) in [5.74, 6) is 0.0967. The summed E-state index contributed by atoms with van der Waals surface area (Å²) in [5, 5.41) is 0. The Labute approximate surface area is 182 Å². The van der Waals surface area contributed by atoms with E-state index in [0.717, 1.165) is 30.6 Å². The highest BCUT2D eigenvalue weighted by atomic mass is 32.2. The Balaban J connectivity index is 1.45. The summed E-state index contributed by atoms with van der Waals surface area (Å²) in [4.78, 5) is 2.68. The fraction of sp³-hybridized carbons (Fsp3) is 0.391. The van der Waals surface area contributed by atoms with Gasteiger partial charge < -0.3 is 4.74 Å². The molecule has 2 aliphatic rings. The van der Waals surface area contributed by atoms with E-state index in [1.165, 1.54) is 11.6 Å². The van der Waals surface area contributed by atoms with Crippen LogP contribution >= 0.6 is 0 Å². The van der Waals surface area contributed by atoms with Crippen molar-refractivity contribution in [3.8, 4) is 5.75 Å². The molecule has 31 heavy (non-hydrogen) atoms. The molecule has 0 unspecified atom stereocenters. The molecule has 0 saturated carbocycles. The van der Waals surface area contributed by atoms with Crippen LogP contribution in [0.3, 0.4) is 0 Å². The first-order chi connectivity index (χ1) is 14.9. The molecule has 1 heterocycles. The van der Waals surface area contributed by atoms with Crippen molar-refractivity contribution in [2.24, 2.45) is 0 Å². The second kappa shape index (κ2) is 9.46. The summed E-state index contributed by atoms with van der Waals surface area (Å²) >= 11 is 0. The number of hydrogen-bond donors (Lipinski definition) is 0. The molecule has 2 aromatic rings. The maximum absolute atomic E-state index is 13.3. The zero-order valence-corrected chi connectivity index (χ0v) is 18.0. The van der Waals surface area contributed by atoms with Crippen molar-refractivity contribution >= 4 is 16.1 Å². The Morgan fingerprint density at radius 3 is 2.55 bits per heavy atom. The number of hydrogen-bond acceptors (Lipinski definition) is 4.